The summed E-state index contributed by atoms with van der Waals surface area (Å²) in [6.45, 7) is 2.96. The summed E-state index contributed by atoms with van der Waals surface area (Å²) in [6, 6.07) is 9.77. The highest BCUT2D eigenvalue weighted by molar-refractivity contribution is 7.19. The van der Waals surface area contributed by atoms with E-state index in [0.717, 1.165) is 11.1 Å². The Morgan fingerprint density at radius 1 is 1.35 bits per heavy atom. The van der Waals surface area contributed by atoms with E-state index >= 15 is 0 Å². The zero-order valence-electron chi connectivity index (χ0n) is 17.3. The molecule has 0 saturated heterocycles. The Bertz CT molecular complexity index is 1200. The summed E-state index contributed by atoms with van der Waals surface area (Å²) in [5, 5.41) is 3.90. The molecule has 0 radical (unpaired) electrons. The van der Waals surface area contributed by atoms with E-state index in [1.165, 1.54) is 31.5 Å². The van der Waals surface area contributed by atoms with Crippen LogP contribution in [0.1, 0.15) is 21.6 Å². The number of carbonyl (C=O) groups is 3. The van der Waals surface area contributed by atoms with Gasteiger partial charge >= 0.3 is 6.03 Å². The summed E-state index contributed by atoms with van der Waals surface area (Å²) in [7, 11) is 1.79. The van der Waals surface area contributed by atoms with Gasteiger partial charge in [0.05, 0.1) is 19.6 Å². The smallest absolute Gasteiger partial charge is 0.323 e. The topological polar surface area (TPSA) is 82.6 Å². The largest absolute Gasteiger partial charge is 0.337 e. The third kappa shape index (κ3) is 4.34. The summed E-state index contributed by atoms with van der Waals surface area (Å²) < 4.78 is 1.22. The van der Waals surface area contributed by atoms with E-state index in [-0.39, 0.29) is 18.5 Å². The fraction of sp³-hybridized carbons (Fsp3) is 0.217. The number of amides is 3. The van der Waals surface area contributed by atoms with Crippen molar-refractivity contribution in [2.75, 3.05) is 18.9 Å². The van der Waals surface area contributed by atoms with Gasteiger partial charge in [-0.25, -0.2) is 9.78 Å². The minimum absolute atomic E-state index is 0.0196. The van der Waals surface area contributed by atoms with Gasteiger partial charge in [0.25, 0.3) is 0 Å². The summed E-state index contributed by atoms with van der Waals surface area (Å²) >= 11 is 1.71. The second-order valence-corrected chi connectivity index (χ2v) is 8.56. The fourth-order valence-corrected chi connectivity index (χ4v) is 4.78. The van der Waals surface area contributed by atoms with Crippen molar-refractivity contribution in [1.29, 1.82) is 0 Å². The molecule has 158 valence electrons. The number of rotatable bonds is 6. The highest BCUT2D eigenvalue weighted by Gasteiger charge is 2.23. The minimum Gasteiger partial charge on any atom is -0.337 e. The van der Waals surface area contributed by atoms with E-state index in [1.54, 1.807) is 35.6 Å². The third-order valence-electron chi connectivity index (χ3n) is 5.27. The van der Waals surface area contributed by atoms with Gasteiger partial charge in [-0.05, 0) is 41.6 Å². The Hall–Kier alpha value is -3.52. The Kier molecular flexibility index (Phi) is 5.81. The lowest BCUT2D eigenvalue weighted by Gasteiger charge is -2.27. The second kappa shape index (κ2) is 8.69. The predicted molar refractivity (Wildman–Crippen MR) is 122 cm³/mol. The van der Waals surface area contributed by atoms with Crippen LogP contribution in [-0.2, 0) is 22.7 Å². The molecule has 0 atom stereocenters. The van der Waals surface area contributed by atoms with Crippen molar-refractivity contribution in [2.45, 2.75) is 20.0 Å². The monoisotopic (exact) mass is 434 g/mol. The molecule has 7 nitrogen and oxygen atoms in total. The maximum absolute atomic E-state index is 12.6. The molecule has 31 heavy (non-hydrogen) atoms. The maximum Gasteiger partial charge on any atom is 0.323 e. The molecule has 0 bridgehead atoms. The summed E-state index contributed by atoms with van der Waals surface area (Å²) in [5.41, 5.74) is 2.76. The van der Waals surface area contributed by atoms with Crippen LogP contribution in [0.15, 0.2) is 42.6 Å². The van der Waals surface area contributed by atoms with Crippen LogP contribution < -0.4 is 5.32 Å². The van der Waals surface area contributed by atoms with Crippen molar-refractivity contribution in [3.8, 4) is 0 Å². The van der Waals surface area contributed by atoms with Crippen LogP contribution in [0, 0.1) is 6.92 Å². The van der Waals surface area contributed by atoms with Crippen LogP contribution in [0.2, 0.25) is 0 Å². The SMILES string of the molecule is Cc1c(CN(C)C(=O)C=Cc2cnc3c(c2)CN(CC=O)C(=O)N3)sc2ccccc12. The Morgan fingerprint density at radius 2 is 2.16 bits per heavy atom. The zero-order chi connectivity index (χ0) is 22.0. The van der Waals surface area contributed by atoms with Crippen LogP contribution in [0.5, 0.6) is 0 Å². The second-order valence-electron chi connectivity index (χ2n) is 7.43. The third-order valence-corrected chi connectivity index (χ3v) is 6.53. The van der Waals surface area contributed by atoms with Crippen LogP contribution in [0.25, 0.3) is 16.2 Å². The average molecular weight is 435 g/mol. The molecule has 0 fully saturated rings. The molecule has 3 heterocycles. The van der Waals surface area contributed by atoms with Crippen LogP contribution in [0.3, 0.4) is 0 Å². The molecule has 8 heteroatoms. The number of aldehydes is 1. The van der Waals surface area contributed by atoms with E-state index in [9.17, 15) is 14.4 Å². The number of likely N-dealkylation sites (N-methyl/N-ethyl adjacent to an activating group) is 1. The van der Waals surface area contributed by atoms with E-state index in [4.69, 9.17) is 0 Å². The van der Waals surface area contributed by atoms with Crippen molar-refractivity contribution in [1.82, 2.24) is 14.8 Å². The van der Waals surface area contributed by atoms with Gasteiger partial charge in [-0.1, -0.05) is 18.2 Å². The lowest BCUT2D eigenvalue weighted by Crippen LogP contribution is -2.40. The molecule has 2 aromatic heterocycles. The Balaban J connectivity index is 1.45. The molecular weight excluding hydrogens is 412 g/mol. The number of benzene rings is 1. The molecule has 1 N–H and O–H groups in total. The molecule has 1 aliphatic heterocycles. The van der Waals surface area contributed by atoms with Crippen LogP contribution in [-0.4, -0.2) is 46.6 Å². The van der Waals surface area contributed by atoms with Crippen molar-refractivity contribution in [2.24, 2.45) is 0 Å². The first-order valence-corrected chi connectivity index (χ1v) is 10.7. The molecule has 3 amide bonds. The summed E-state index contributed by atoms with van der Waals surface area (Å²) in [4.78, 5) is 43.8. The van der Waals surface area contributed by atoms with Gasteiger partial charge in [0.2, 0.25) is 5.91 Å². The van der Waals surface area contributed by atoms with Gasteiger partial charge in [-0.15, -0.1) is 11.3 Å². The van der Waals surface area contributed by atoms with Gasteiger partial charge < -0.3 is 14.6 Å². The first-order valence-electron chi connectivity index (χ1n) is 9.85. The molecule has 1 aliphatic rings. The van der Waals surface area contributed by atoms with Crippen molar-refractivity contribution in [3.05, 3.63) is 64.2 Å². The number of aryl methyl sites for hydroxylation is 1. The number of fused-ring (bicyclic) bond motifs is 2. The molecule has 4 rings (SSSR count). The fourth-order valence-electron chi connectivity index (χ4n) is 3.51. The summed E-state index contributed by atoms with van der Waals surface area (Å²) in [5.74, 6) is 0.374. The highest BCUT2D eigenvalue weighted by atomic mass is 32.1. The van der Waals surface area contributed by atoms with Gasteiger partial charge in [0, 0.05) is 34.5 Å². The van der Waals surface area contributed by atoms with E-state index in [0.29, 0.717) is 25.2 Å². The van der Waals surface area contributed by atoms with Gasteiger partial charge in [0.1, 0.15) is 12.1 Å². The molecule has 1 aromatic carbocycles. The summed E-state index contributed by atoms with van der Waals surface area (Å²) in [6.07, 6.45) is 5.53. The first-order chi connectivity index (χ1) is 15.0. The predicted octanol–water partition coefficient (Wildman–Crippen LogP) is 3.82. The van der Waals surface area contributed by atoms with E-state index in [2.05, 4.69) is 29.4 Å². The van der Waals surface area contributed by atoms with Gasteiger partial charge in [0.15, 0.2) is 0 Å². The number of carbonyl (C=O) groups excluding carboxylic acids is 3. The number of thiophene rings is 1. The Morgan fingerprint density at radius 3 is 2.94 bits per heavy atom. The minimum atomic E-state index is -0.344. The lowest BCUT2D eigenvalue weighted by atomic mass is 10.1. The van der Waals surface area contributed by atoms with Crippen molar-refractivity contribution in [3.63, 3.8) is 0 Å². The molecule has 0 saturated carbocycles. The van der Waals surface area contributed by atoms with Crippen molar-refractivity contribution >= 4 is 51.5 Å². The molecule has 0 spiro atoms. The number of urea groups is 1. The molecule has 0 aliphatic carbocycles. The zero-order valence-corrected chi connectivity index (χ0v) is 18.1. The number of hydrogen-bond acceptors (Lipinski definition) is 5. The standard InChI is InChI=1S/C23H22N4O3S/c1-15-18-5-3-4-6-19(18)31-20(15)14-26(2)21(29)8-7-16-11-17-13-27(9-10-28)23(30)25-22(17)24-12-16/h3-8,10-12H,9,13-14H2,1-2H3,(H,24,25,30). The number of aromatic nitrogens is 1. The number of anilines is 1. The lowest BCUT2D eigenvalue weighted by molar-refractivity contribution is -0.125. The normalized spacial score (nSPS) is 13.4. The number of hydrogen-bond donors (Lipinski definition) is 1. The number of pyridine rings is 1. The van der Waals surface area contributed by atoms with Gasteiger partial charge in [-0.3, -0.25) is 10.1 Å². The number of nitrogens with one attached hydrogen (secondary N) is 1. The quantitative estimate of drug-likeness (QED) is 0.472. The molecular formula is C23H22N4O3S. The first kappa shape index (κ1) is 20.7. The van der Waals surface area contributed by atoms with E-state index in [1.807, 2.05) is 18.2 Å². The van der Waals surface area contributed by atoms with E-state index < -0.39 is 0 Å². The van der Waals surface area contributed by atoms with Crippen LogP contribution in [0.4, 0.5) is 10.6 Å². The average Bonchev–Trinajstić information content (AvgIpc) is 3.08. The van der Waals surface area contributed by atoms with Crippen molar-refractivity contribution < 1.29 is 14.4 Å². The maximum atomic E-state index is 12.6. The Labute approximate surface area is 184 Å². The molecule has 0 unspecified atom stereocenters. The number of nitrogens with zero attached hydrogens (tertiary/aromatic N) is 3. The van der Waals surface area contributed by atoms with Gasteiger partial charge in [-0.2, -0.15) is 0 Å². The highest BCUT2D eigenvalue weighted by Crippen LogP contribution is 2.31. The molecule has 3 aromatic rings. The van der Waals surface area contributed by atoms with Crippen LogP contribution >= 0.6 is 11.3 Å².